The van der Waals surface area contributed by atoms with E-state index >= 15 is 0 Å². The van der Waals surface area contributed by atoms with Crippen LogP contribution in [0.3, 0.4) is 0 Å². The summed E-state index contributed by atoms with van der Waals surface area (Å²) in [4.78, 5) is 28.8. The van der Waals surface area contributed by atoms with E-state index in [1.54, 1.807) is 50.5 Å². The predicted octanol–water partition coefficient (Wildman–Crippen LogP) is 3.59. The number of nitrogens with zero attached hydrogens (tertiary/aromatic N) is 5. The summed E-state index contributed by atoms with van der Waals surface area (Å²) < 4.78 is 35.5. The Labute approximate surface area is 220 Å². The molecule has 0 aliphatic carbocycles. The van der Waals surface area contributed by atoms with Gasteiger partial charge < -0.3 is 14.8 Å². The van der Waals surface area contributed by atoms with Crippen LogP contribution < -0.4 is 10.1 Å². The van der Waals surface area contributed by atoms with E-state index in [0.717, 1.165) is 16.8 Å². The topological polar surface area (TPSA) is 113 Å². The molecule has 4 heterocycles. The Balaban J connectivity index is 1.63. The van der Waals surface area contributed by atoms with Gasteiger partial charge in [0.05, 0.1) is 30.4 Å². The number of allylic oxidation sites excluding steroid dienone is 1. The first kappa shape index (κ1) is 27.3. The highest BCUT2D eigenvalue weighted by atomic mass is 19.3. The van der Waals surface area contributed by atoms with Gasteiger partial charge in [-0.05, 0) is 50.1 Å². The smallest absolute Gasteiger partial charge is 0.272 e. The third-order valence-corrected chi connectivity index (χ3v) is 6.64. The van der Waals surface area contributed by atoms with Crippen molar-refractivity contribution < 1.29 is 23.0 Å². The van der Waals surface area contributed by atoms with Crippen LogP contribution in [0.1, 0.15) is 48.8 Å². The molecule has 1 saturated heterocycles. The lowest BCUT2D eigenvalue weighted by atomic mass is 9.89. The van der Waals surface area contributed by atoms with Crippen molar-refractivity contribution in [1.29, 1.82) is 5.26 Å². The van der Waals surface area contributed by atoms with Crippen LogP contribution in [0, 0.1) is 11.3 Å². The first-order chi connectivity index (χ1) is 18.1. The number of carbonyl (C=O) groups excluding carboxylic acids is 1. The van der Waals surface area contributed by atoms with Crippen molar-refractivity contribution in [3.8, 4) is 11.9 Å². The summed E-state index contributed by atoms with van der Waals surface area (Å²) in [5, 5.41) is 12.7. The van der Waals surface area contributed by atoms with Gasteiger partial charge in [0.25, 0.3) is 12.3 Å². The second-order valence-corrected chi connectivity index (χ2v) is 9.73. The predicted molar refractivity (Wildman–Crippen MR) is 137 cm³/mol. The monoisotopic (exact) mass is 524 g/mol. The Kier molecular flexibility index (Phi) is 8.14. The maximum absolute atomic E-state index is 13.6. The van der Waals surface area contributed by atoms with E-state index in [1.165, 1.54) is 6.20 Å². The van der Waals surface area contributed by atoms with Crippen LogP contribution in [0.15, 0.2) is 47.3 Å². The van der Waals surface area contributed by atoms with Crippen LogP contribution >= 0.6 is 0 Å². The minimum atomic E-state index is -2.59. The highest BCUT2D eigenvalue weighted by Gasteiger charge is 2.41. The van der Waals surface area contributed by atoms with Gasteiger partial charge in [0.2, 0.25) is 5.88 Å². The molecular weight excluding hydrogens is 494 g/mol. The van der Waals surface area contributed by atoms with Crippen LogP contribution in [-0.4, -0.2) is 72.0 Å². The molecule has 1 unspecified atom stereocenters. The minimum Gasteiger partial charge on any atom is -0.472 e. The fourth-order valence-electron chi connectivity index (χ4n) is 4.38. The van der Waals surface area contributed by atoms with Gasteiger partial charge in [0.1, 0.15) is 5.66 Å². The summed E-state index contributed by atoms with van der Waals surface area (Å²) in [6.07, 6.45) is 2.65. The highest BCUT2D eigenvalue weighted by Crippen LogP contribution is 2.35. The number of rotatable bonds is 8. The van der Waals surface area contributed by atoms with E-state index < -0.39 is 24.1 Å². The number of hydrogen-bond donors (Lipinski definition) is 1. The number of morpholine rings is 1. The van der Waals surface area contributed by atoms with Crippen LogP contribution in [0.25, 0.3) is 5.57 Å². The average molecular weight is 525 g/mol. The number of carbonyl (C=O) groups is 1. The van der Waals surface area contributed by atoms with Gasteiger partial charge in [-0.2, -0.15) is 5.26 Å². The van der Waals surface area contributed by atoms with Crippen LogP contribution in [0.2, 0.25) is 0 Å². The number of aliphatic imine (C=N–C) groups is 1. The molecule has 1 fully saturated rings. The summed E-state index contributed by atoms with van der Waals surface area (Å²) in [6.45, 7) is 6.83. The number of hydrogen-bond acceptors (Lipinski definition) is 8. The molecule has 2 aliphatic heterocycles. The highest BCUT2D eigenvalue weighted by molar-refractivity contribution is 5.98. The molecule has 4 rings (SSSR count). The molecule has 0 aromatic carbocycles. The molecule has 9 nitrogen and oxygen atoms in total. The van der Waals surface area contributed by atoms with Crippen molar-refractivity contribution in [3.63, 3.8) is 0 Å². The lowest BCUT2D eigenvalue weighted by molar-refractivity contribution is -0.00621. The van der Waals surface area contributed by atoms with E-state index in [-0.39, 0.29) is 11.8 Å². The lowest BCUT2D eigenvalue weighted by Crippen LogP contribution is -2.65. The first-order valence-corrected chi connectivity index (χ1v) is 12.3. The van der Waals surface area contributed by atoms with E-state index in [4.69, 9.17) is 9.47 Å². The van der Waals surface area contributed by atoms with Gasteiger partial charge in [-0.25, -0.2) is 13.8 Å². The molecular formula is C27H30F2N6O3. The molecule has 200 valence electrons. The zero-order valence-electron chi connectivity index (χ0n) is 21.6. The number of alkyl halides is 2. The van der Waals surface area contributed by atoms with Gasteiger partial charge in [0, 0.05) is 55.4 Å². The maximum atomic E-state index is 13.6. The van der Waals surface area contributed by atoms with Gasteiger partial charge in [-0.1, -0.05) is 0 Å². The Morgan fingerprint density at radius 1 is 1.29 bits per heavy atom. The van der Waals surface area contributed by atoms with Crippen LogP contribution in [-0.2, 0) is 10.2 Å². The molecule has 38 heavy (non-hydrogen) atoms. The van der Waals surface area contributed by atoms with Gasteiger partial charge >= 0.3 is 0 Å². The SMILES string of the molecule is CC1=C(c2ccc(OCC(F)F)nc2)CC(NC(=O)c2ccnc(C(C)(C)C#N)c2)(N2CCOCC2)C=N1. The molecule has 0 spiro atoms. The Hall–Kier alpha value is -3.75. The third-order valence-electron chi connectivity index (χ3n) is 6.64. The molecule has 11 heteroatoms. The molecule has 1 amide bonds. The maximum Gasteiger partial charge on any atom is 0.272 e. The van der Waals surface area contributed by atoms with Gasteiger partial charge in [-0.15, -0.1) is 0 Å². The summed E-state index contributed by atoms with van der Waals surface area (Å²) >= 11 is 0. The zero-order valence-corrected chi connectivity index (χ0v) is 21.6. The number of pyridine rings is 2. The Bertz CT molecular complexity index is 1270. The quantitative estimate of drug-likeness (QED) is 0.562. The number of halogens is 2. The Morgan fingerprint density at radius 3 is 2.71 bits per heavy atom. The summed E-state index contributed by atoms with van der Waals surface area (Å²) in [7, 11) is 0. The van der Waals surface area contributed by atoms with Crippen molar-refractivity contribution in [2.24, 2.45) is 4.99 Å². The number of nitriles is 1. The molecule has 1 atom stereocenters. The molecule has 1 N–H and O–H groups in total. The Morgan fingerprint density at radius 2 is 2.05 bits per heavy atom. The fraction of sp³-hybridized carbons (Fsp3) is 0.444. The molecule has 0 bridgehead atoms. The number of aromatic nitrogens is 2. The first-order valence-electron chi connectivity index (χ1n) is 12.3. The largest absolute Gasteiger partial charge is 0.472 e. The summed E-state index contributed by atoms with van der Waals surface area (Å²) in [5.74, 6) is -0.221. The van der Waals surface area contributed by atoms with E-state index in [2.05, 4.69) is 31.2 Å². The second-order valence-electron chi connectivity index (χ2n) is 9.73. The number of amides is 1. The summed E-state index contributed by atoms with van der Waals surface area (Å²) in [6, 6.07) is 8.75. The average Bonchev–Trinajstić information content (AvgIpc) is 2.94. The third kappa shape index (κ3) is 6.03. The lowest BCUT2D eigenvalue weighted by Gasteiger charge is -2.45. The number of nitrogens with one attached hydrogen (secondary N) is 1. The second kappa shape index (κ2) is 11.3. The van der Waals surface area contributed by atoms with E-state index in [1.807, 2.05) is 6.92 Å². The van der Waals surface area contributed by atoms with E-state index in [0.29, 0.717) is 44.0 Å². The van der Waals surface area contributed by atoms with Crippen molar-refractivity contribution in [1.82, 2.24) is 20.2 Å². The van der Waals surface area contributed by atoms with Crippen molar-refractivity contribution in [3.05, 3.63) is 59.2 Å². The van der Waals surface area contributed by atoms with Crippen molar-refractivity contribution in [2.75, 3.05) is 32.9 Å². The molecule has 0 saturated carbocycles. The molecule has 2 aliphatic rings. The van der Waals surface area contributed by atoms with Crippen LogP contribution in [0.4, 0.5) is 8.78 Å². The summed E-state index contributed by atoms with van der Waals surface area (Å²) in [5.41, 5.74) is 1.44. The van der Waals surface area contributed by atoms with Gasteiger partial charge in [-0.3, -0.25) is 19.7 Å². The fourth-order valence-corrected chi connectivity index (χ4v) is 4.38. The van der Waals surface area contributed by atoms with Crippen molar-refractivity contribution >= 4 is 17.7 Å². The molecule has 0 radical (unpaired) electrons. The molecule has 2 aromatic rings. The normalized spacial score (nSPS) is 20.3. The molecule has 2 aromatic heterocycles. The van der Waals surface area contributed by atoms with Crippen LogP contribution in [0.5, 0.6) is 5.88 Å². The van der Waals surface area contributed by atoms with Gasteiger partial charge in [0.15, 0.2) is 6.61 Å². The van der Waals surface area contributed by atoms with E-state index in [9.17, 15) is 18.8 Å². The zero-order chi connectivity index (χ0) is 27.3. The van der Waals surface area contributed by atoms with Crippen molar-refractivity contribution in [2.45, 2.75) is 44.7 Å². The standard InChI is InChI=1S/C27H30F2N6O3/c1-18-21(20-4-5-24(32-14-20)38-15-23(28)29)13-27(17-33-18,35-8-10-37-11-9-35)34-25(36)19-6-7-31-22(12-19)26(2,3)16-30/h4-7,12,14,17,23H,8-11,13,15H2,1-3H3,(H,34,36). The minimum absolute atomic E-state index is 0.105. The number of ether oxygens (including phenoxy) is 2.